The minimum Gasteiger partial charge on any atom is -0.300 e. The molecule has 1 aliphatic heterocycles. The number of rotatable bonds is 5. The molecule has 22 heavy (non-hydrogen) atoms. The van der Waals surface area contributed by atoms with Crippen molar-refractivity contribution in [3.8, 4) is 0 Å². The van der Waals surface area contributed by atoms with E-state index in [0.717, 1.165) is 25.9 Å². The van der Waals surface area contributed by atoms with Crippen LogP contribution < -0.4 is 0 Å². The molecule has 1 atom stereocenters. The first-order valence-corrected chi connectivity index (χ1v) is 9.26. The zero-order chi connectivity index (χ0) is 16.2. The predicted octanol–water partition coefficient (Wildman–Crippen LogP) is 2.63. The highest BCUT2D eigenvalue weighted by atomic mass is 32.2. The number of likely N-dealkylation sites (tertiary alicyclic amines) is 1. The van der Waals surface area contributed by atoms with Crippen molar-refractivity contribution in [2.24, 2.45) is 0 Å². The Morgan fingerprint density at radius 3 is 2.18 bits per heavy atom. The van der Waals surface area contributed by atoms with Crippen LogP contribution in [0.15, 0.2) is 29.2 Å². The van der Waals surface area contributed by atoms with Crippen molar-refractivity contribution < 1.29 is 13.3 Å². The fourth-order valence-corrected chi connectivity index (χ4v) is 4.42. The molecule has 1 aromatic rings. The van der Waals surface area contributed by atoms with Crippen LogP contribution in [-0.4, -0.2) is 43.1 Å². The van der Waals surface area contributed by atoms with Crippen molar-refractivity contribution in [2.45, 2.75) is 43.5 Å². The smallest absolute Gasteiger partial charge is 0.269 e. The van der Waals surface area contributed by atoms with Gasteiger partial charge in [0.05, 0.1) is 15.6 Å². The molecular formula is C15H22N2O4S. The van der Waals surface area contributed by atoms with Gasteiger partial charge in [0.2, 0.25) is 0 Å². The van der Waals surface area contributed by atoms with E-state index < -0.39 is 14.8 Å². The fourth-order valence-electron chi connectivity index (χ4n) is 2.83. The summed E-state index contributed by atoms with van der Waals surface area (Å²) in [6.45, 7) is 3.82. The lowest BCUT2D eigenvalue weighted by atomic mass is 10.2. The lowest BCUT2D eigenvalue weighted by Gasteiger charge is -2.27. The van der Waals surface area contributed by atoms with Crippen molar-refractivity contribution in [2.75, 3.05) is 18.8 Å². The third-order valence-corrected chi connectivity index (χ3v) is 6.04. The first-order chi connectivity index (χ1) is 10.4. The summed E-state index contributed by atoms with van der Waals surface area (Å²) >= 11 is 0. The van der Waals surface area contributed by atoms with Crippen LogP contribution in [0.2, 0.25) is 0 Å². The van der Waals surface area contributed by atoms with Crippen molar-refractivity contribution >= 4 is 15.5 Å². The highest BCUT2D eigenvalue weighted by Crippen LogP contribution is 2.20. The largest absolute Gasteiger partial charge is 0.300 e. The van der Waals surface area contributed by atoms with Gasteiger partial charge in [0.25, 0.3) is 5.69 Å². The van der Waals surface area contributed by atoms with E-state index in [9.17, 15) is 18.5 Å². The lowest BCUT2D eigenvalue weighted by molar-refractivity contribution is -0.384. The molecule has 1 fully saturated rings. The second kappa shape index (κ2) is 7.19. The molecule has 0 saturated carbocycles. The molecule has 7 heteroatoms. The zero-order valence-electron chi connectivity index (χ0n) is 12.8. The molecular weight excluding hydrogens is 304 g/mol. The average Bonchev–Trinajstić information content (AvgIpc) is 2.76. The molecule has 0 bridgehead atoms. The average molecular weight is 326 g/mol. The standard InChI is InChI=1S/C15H22N2O4S/c1-13(16-10-4-2-3-5-11-16)12-22(20,21)15-8-6-14(7-9-15)17(18)19/h6-9,13H,2-5,10-12H2,1H3. The molecule has 0 amide bonds. The van der Waals surface area contributed by atoms with Gasteiger partial charge in [0, 0.05) is 18.2 Å². The van der Waals surface area contributed by atoms with Gasteiger partial charge >= 0.3 is 0 Å². The van der Waals surface area contributed by atoms with Crippen LogP contribution >= 0.6 is 0 Å². The summed E-state index contributed by atoms with van der Waals surface area (Å²) in [4.78, 5) is 12.5. The highest BCUT2D eigenvalue weighted by molar-refractivity contribution is 7.91. The third-order valence-electron chi connectivity index (χ3n) is 4.13. The molecule has 0 N–H and O–H groups in total. The summed E-state index contributed by atoms with van der Waals surface area (Å²) in [7, 11) is -3.43. The Balaban J connectivity index is 2.07. The van der Waals surface area contributed by atoms with Gasteiger partial charge in [-0.25, -0.2) is 8.42 Å². The van der Waals surface area contributed by atoms with E-state index >= 15 is 0 Å². The number of nitro benzene ring substituents is 1. The van der Waals surface area contributed by atoms with Crippen LogP contribution in [0.25, 0.3) is 0 Å². The number of nitrogens with zero attached hydrogens (tertiary/aromatic N) is 2. The van der Waals surface area contributed by atoms with Gasteiger partial charge in [0.1, 0.15) is 0 Å². The first-order valence-electron chi connectivity index (χ1n) is 7.61. The summed E-state index contributed by atoms with van der Waals surface area (Å²) in [6.07, 6.45) is 4.64. The maximum Gasteiger partial charge on any atom is 0.269 e. The van der Waals surface area contributed by atoms with Crippen molar-refractivity contribution in [1.82, 2.24) is 4.90 Å². The molecule has 1 aliphatic rings. The molecule has 6 nitrogen and oxygen atoms in total. The van der Waals surface area contributed by atoms with Crippen LogP contribution in [-0.2, 0) is 9.84 Å². The summed E-state index contributed by atoms with van der Waals surface area (Å²) in [6, 6.07) is 5.08. The van der Waals surface area contributed by atoms with Gasteiger partial charge in [-0.15, -0.1) is 0 Å². The molecule has 1 unspecified atom stereocenters. The second-order valence-electron chi connectivity index (χ2n) is 5.83. The van der Waals surface area contributed by atoms with E-state index in [1.54, 1.807) is 0 Å². The topological polar surface area (TPSA) is 80.5 Å². The van der Waals surface area contributed by atoms with Crippen LogP contribution in [0.4, 0.5) is 5.69 Å². The maximum atomic E-state index is 12.5. The van der Waals surface area contributed by atoms with Crippen LogP contribution in [0.5, 0.6) is 0 Å². The van der Waals surface area contributed by atoms with E-state index in [4.69, 9.17) is 0 Å². The van der Waals surface area contributed by atoms with E-state index in [0.29, 0.717) is 0 Å². The third kappa shape index (κ3) is 4.27. The molecule has 1 heterocycles. The maximum absolute atomic E-state index is 12.5. The molecule has 0 spiro atoms. The number of benzene rings is 1. The number of hydrogen-bond donors (Lipinski definition) is 0. The van der Waals surface area contributed by atoms with Crippen LogP contribution in [0.3, 0.4) is 0 Å². The zero-order valence-corrected chi connectivity index (χ0v) is 13.6. The first kappa shape index (κ1) is 16.9. The second-order valence-corrected chi connectivity index (χ2v) is 7.87. The fraction of sp³-hybridized carbons (Fsp3) is 0.600. The van der Waals surface area contributed by atoms with E-state index in [1.807, 2.05) is 6.92 Å². The van der Waals surface area contributed by atoms with Gasteiger partial charge in [-0.05, 0) is 45.0 Å². The molecule has 2 rings (SSSR count). The minimum absolute atomic E-state index is 0.0432. The van der Waals surface area contributed by atoms with Gasteiger partial charge in [-0.2, -0.15) is 0 Å². The number of sulfone groups is 1. The Morgan fingerprint density at radius 1 is 1.14 bits per heavy atom. The number of non-ortho nitro benzene ring substituents is 1. The van der Waals surface area contributed by atoms with Crippen molar-refractivity contribution in [3.05, 3.63) is 34.4 Å². The summed E-state index contributed by atoms with van der Waals surface area (Å²) < 4.78 is 24.9. The molecule has 1 saturated heterocycles. The Bertz CT molecular complexity index is 605. The van der Waals surface area contributed by atoms with Gasteiger partial charge < -0.3 is 0 Å². The Labute approximate surface area is 131 Å². The Hall–Kier alpha value is -1.47. The van der Waals surface area contributed by atoms with E-state index in [-0.39, 0.29) is 22.4 Å². The number of hydrogen-bond acceptors (Lipinski definition) is 5. The Morgan fingerprint density at radius 2 is 1.68 bits per heavy atom. The van der Waals surface area contributed by atoms with Gasteiger partial charge in [0.15, 0.2) is 9.84 Å². The van der Waals surface area contributed by atoms with Crippen LogP contribution in [0, 0.1) is 10.1 Å². The highest BCUT2D eigenvalue weighted by Gasteiger charge is 2.24. The van der Waals surface area contributed by atoms with E-state index in [2.05, 4.69) is 4.90 Å². The molecule has 0 radical (unpaired) electrons. The van der Waals surface area contributed by atoms with Gasteiger partial charge in [-0.1, -0.05) is 12.8 Å². The summed E-state index contributed by atoms with van der Waals surface area (Å²) in [5.74, 6) is 0.0464. The summed E-state index contributed by atoms with van der Waals surface area (Å²) in [5.41, 5.74) is -0.0977. The van der Waals surface area contributed by atoms with Crippen LogP contribution in [0.1, 0.15) is 32.6 Å². The molecule has 122 valence electrons. The Kier molecular flexibility index (Phi) is 5.52. The normalized spacial score (nSPS) is 18.6. The monoisotopic (exact) mass is 326 g/mol. The summed E-state index contributed by atoms with van der Waals surface area (Å²) in [5, 5.41) is 10.6. The SMILES string of the molecule is CC(CS(=O)(=O)c1ccc([N+](=O)[O-])cc1)N1CCCCCC1. The van der Waals surface area contributed by atoms with Crippen molar-refractivity contribution in [1.29, 1.82) is 0 Å². The minimum atomic E-state index is -3.43. The lowest BCUT2D eigenvalue weighted by Crippen LogP contribution is -2.38. The van der Waals surface area contributed by atoms with Crippen molar-refractivity contribution in [3.63, 3.8) is 0 Å². The van der Waals surface area contributed by atoms with E-state index in [1.165, 1.54) is 37.1 Å². The molecule has 0 aromatic heterocycles. The molecule has 0 aliphatic carbocycles. The van der Waals surface area contributed by atoms with Gasteiger partial charge in [-0.3, -0.25) is 15.0 Å². The number of nitro groups is 1. The quantitative estimate of drug-likeness (QED) is 0.614. The predicted molar refractivity (Wildman–Crippen MR) is 84.7 cm³/mol. The molecule has 1 aromatic carbocycles.